The van der Waals surface area contributed by atoms with Crippen molar-refractivity contribution in [2.24, 2.45) is 5.41 Å². The Morgan fingerprint density at radius 2 is 0.957 bits per heavy atom. The molecule has 0 heterocycles. The van der Waals surface area contributed by atoms with Crippen molar-refractivity contribution in [2.45, 2.75) is 105 Å². The van der Waals surface area contributed by atoms with Gasteiger partial charge in [-0.25, -0.2) is 0 Å². The minimum atomic E-state index is 0.423. The van der Waals surface area contributed by atoms with Crippen LogP contribution in [0.4, 0.5) is 0 Å². The Labute approximate surface area is 146 Å². The maximum absolute atomic E-state index is 5.87. The van der Waals surface area contributed by atoms with Crippen LogP contribution < -0.4 is 0 Å². The molecule has 0 aromatic rings. The summed E-state index contributed by atoms with van der Waals surface area (Å²) in [5, 5.41) is 0. The summed E-state index contributed by atoms with van der Waals surface area (Å²) in [6.07, 6.45) is 15.2. The highest BCUT2D eigenvalue weighted by Gasteiger charge is 2.25. The zero-order valence-electron chi connectivity index (χ0n) is 16.6. The van der Waals surface area contributed by atoms with E-state index < -0.39 is 0 Å². The van der Waals surface area contributed by atoms with E-state index in [1.165, 1.54) is 77.0 Å². The van der Waals surface area contributed by atoms with E-state index in [4.69, 9.17) is 9.47 Å². The van der Waals surface area contributed by atoms with Gasteiger partial charge in [0, 0.05) is 26.4 Å². The Morgan fingerprint density at radius 3 is 1.30 bits per heavy atom. The zero-order valence-corrected chi connectivity index (χ0v) is 16.6. The van der Waals surface area contributed by atoms with Crippen LogP contribution in [-0.2, 0) is 9.47 Å². The van der Waals surface area contributed by atoms with Crippen molar-refractivity contribution in [3.8, 4) is 0 Å². The summed E-state index contributed by atoms with van der Waals surface area (Å²) >= 11 is 0. The molecule has 0 atom stereocenters. The van der Waals surface area contributed by atoms with E-state index in [0.29, 0.717) is 5.41 Å². The number of rotatable bonds is 18. The third kappa shape index (κ3) is 12.9. The highest BCUT2D eigenvalue weighted by Crippen LogP contribution is 2.34. The van der Waals surface area contributed by atoms with Gasteiger partial charge in [-0.2, -0.15) is 0 Å². The van der Waals surface area contributed by atoms with Gasteiger partial charge < -0.3 is 9.47 Å². The van der Waals surface area contributed by atoms with Crippen molar-refractivity contribution in [2.75, 3.05) is 26.4 Å². The molecule has 2 heteroatoms. The van der Waals surface area contributed by atoms with Crippen molar-refractivity contribution >= 4 is 0 Å². The van der Waals surface area contributed by atoms with E-state index in [1.807, 2.05) is 0 Å². The average Bonchev–Trinajstić information content (AvgIpc) is 2.58. The Balaban J connectivity index is 3.74. The minimum Gasteiger partial charge on any atom is -0.381 e. The van der Waals surface area contributed by atoms with Crippen LogP contribution in [0.1, 0.15) is 105 Å². The first-order valence-electron chi connectivity index (χ1n) is 10.4. The van der Waals surface area contributed by atoms with Crippen molar-refractivity contribution in [1.82, 2.24) is 0 Å². The second-order valence-corrected chi connectivity index (χ2v) is 7.05. The first kappa shape index (κ1) is 22.9. The summed E-state index contributed by atoms with van der Waals surface area (Å²) in [4.78, 5) is 0. The van der Waals surface area contributed by atoms with Gasteiger partial charge in [-0.1, -0.05) is 79.1 Å². The van der Waals surface area contributed by atoms with Crippen molar-refractivity contribution < 1.29 is 9.47 Å². The second-order valence-electron chi connectivity index (χ2n) is 7.05. The van der Waals surface area contributed by atoms with Gasteiger partial charge in [0.15, 0.2) is 0 Å². The fourth-order valence-corrected chi connectivity index (χ4v) is 3.13. The van der Waals surface area contributed by atoms with Crippen LogP contribution in [0.5, 0.6) is 0 Å². The average molecular weight is 329 g/mol. The van der Waals surface area contributed by atoms with Crippen LogP contribution in [0.2, 0.25) is 0 Å². The fraction of sp³-hybridized carbons (Fsp3) is 1.00. The summed E-state index contributed by atoms with van der Waals surface area (Å²) < 4.78 is 11.7. The summed E-state index contributed by atoms with van der Waals surface area (Å²) in [6, 6.07) is 0. The molecule has 0 aromatic heterocycles. The van der Waals surface area contributed by atoms with Crippen molar-refractivity contribution in [3.05, 3.63) is 0 Å². The SMILES string of the molecule is CCCCCCOCCC(CC)(CC)CCOCCCCCC. The topological polar surface area (TPSA) is 18.5 Å². The summed E-state index contributed by atoms with van der Waals surface area (Å²) in [7, 11) is 0. The summed E-state index contributed by atoms with van der Waals surface area (Å²) in [5.74, 6) is 0. The minimum absolute atomic E-state index is 0.423. The highest BCUT2D eigenvalue weighted by molar-refractivity contribution is 4.76. The van der Waals surface area contributed by atoms with Crippen LogP contribution in [0.3, 0.4) is 0 Å². The van der Waals surface area contributed by atoms with Gasteiger partial charge in [0.05, 0.1) is 0 Å². The van der Waals surface area contributed by atoms with Gasteiger partial charge in [0.25, 0.3) is 0 Å². The van der Waals surface area contributed by atoms with Crippen LogP contribution in [0.25, 0.3) is 0 Å². The highest BCUT2D eigenvalue weighted by atomic mass is 16.5. The largest absolute Gasteiger partial charge is 0.381 e. The summed E-state index contributed by atoms with van der Waals surface area (Å²) in [5.41, 5.74) is 0.423. The molecule has 0 rings (SSSR count). The van der Waals surface area contributed by atoms with E-state index in [9.17, 15) is 0 Å². The molecule has 0 saturated carbocycles. The molecule has 0 amide bonds. The second kappa shape index (κ2) is 16.8. The van der Waals surface area contributed by atoms with E-state index >= 15 is 0 Å². The molecular formula is C21H44O2. The Hall–Kier alpha value is -0.0800. The summed E-state index contributed by atoms with van der Waals surface area (Å²) in [6.45, 7) is 12.9. The van der Waals surface area contributed by atoms with E-state index in [-0.39, 0.29) is 0 Å². The van der Waals surface area contributed by atoms with Crippen molar-refractivity contribution in [3.63, 3.8) is 0 Å². The van der Waals surface area contributed by atoms with Crippen LogP contribution in [-0.4, -0.2) is 26.4 Å². The number of hydrogen-bond donors (Lipinski definition) is 0. The smallest absolute Gasteiger partial charge is 0.0471 e. The van der Waals surface area contributed by atoms with Gasteiger partial charge >= 0.3 is 0 Å². The predicted octanol–water partition coefficient (Wildman–Crippen LogP) is 6.77. The molecule has 0 spiro atoms. The molecule has 0 N–H and O–H groups in total. The number of ether oxygens (including phenoxy) is 2. The Bertz CT molecular complexity index is 204. The van der Waals surface area contributed by atoms with Gasteiger partial charge in [-0.05, 0) is 31.1 Å². The molecule has 0 unspecified atom stereocenters. The lowest BCUT2D eigenvalue weighted by Crippen LogP contribution is -2.23. The zero-order chi connectivity index (χ0) is 17.2. The van der Waals surface area contributed by atoms with Gasteiger partial charge in [0.1, 0.15) is 0 Å². The molecule has 0 aliphatic rings. The number of hydrogen-bond acceptors (Lipinski definition) is 2. The Kier molecular flexibility index (Phi) is 16.7. The number of unbranched alkanes of at least 4 members (excludes halogenated alkanes) is 6. The molecule has 2 nitrogen and oxygen atoms in total. The van der Waals surface area contributed by atoms with Crippen LogP contribution in [0, 0.1) is 5.41 Å². The predicted molar refractivity (Wildman–Crippen MR) is 102 cm³/mol. The normalized spacial score (nSPS) is 12.0. The first-order valence-corrected chi connectivity index (χ1v) is 10.4. The molecule has 0 bridgehead atoms. The third-order valence-corrected chi connectivity index (χ3v) is 5.34. The molecular weight excluding hydrogens is 284 g/mol. The lowest BCUT2D eigenvalue weighted by atomic mass is 9.77. The lowest BCUT2D eigenvalue weighted by Gasteiger charge is -2.31. The molecule has 23 heavy (non-hydrogen) atoms. The molecule has 0 radical (unpaired) electrons. The lowest BCUT2D eigenvalue weighted by molar-refractivity contribution is 0.0513. The van der Waals surface area contributed by atoms with E-state index in [1.54, 1.807) is 0 Å². The van der Waals surface area contributed by atoms with Gasteiger partial charge in [-0.15, -0.1) is 0 Å². The Morgan fingerprint density at radius 1 is 0.522 bits per heavy atom. The third-order valence-electron chi connectivity index (χ3n) is 5.34. The van der Waals surface area contributed by atoms with Gasteiger partial charge in [0.2, 0.25) is 0 Å². The molecule has 0 fully saturated rings. The maximum atomic E-state index is 5.87. The van der Waals surface area contributed by atoms with E-state index in [2.05, 4.69) is 27.7 Å². The van der Waals surface area contributed by atoms with Crippen LogP contribution >= 0.6 is 0 Å². The molecule has 140 valence electrons. The quantitative estimate of drug-likeness (QED) is 0.259. The van der Waals surface area contributed by atoms with Gasteiger partial charge in [-0.3, -0.25) is 0 Å². The fourth-order valence-electron chi connectivity index (χ4n) is 3.13. The molecule has 0 aliphatic heterocycles. The van der Waals surface area contributed by atoms with Crippen molar-refractivity contribution in [1.29, 1.82) is 0 Å². The van der Waals surface area contributed by atoms with E-state index in [0.717, 1.165) is 26.4 Å². The molecule has 0 aromatic carbocycles. The first-order chi connectivity index (χ1) is 11.2. The molecule has 0 aliphatic carbocycles. The standard InChI is InChI=1S/C21H44O2/c1-5-9-11-13-17-22-19-15-21(7-3,8-4)16-20-23-18-14-12-10-6-2/h5-20H2,1-4H3. The molecule has 0 saturated heterocycles. The van der Waals surface area contributed by atoms with Crippen LogP contribution in [0.15, 0.2) is 0 Å². The monoisotopic (exact) mass is 328 g/mol. The maximum Gasteiger partial charge on any atom is 0.0471 e.